The molecule has 1 heterocycles. The number of likely N-dealkylation sites (tertiary alicyclic amines) is 1. The summed E-state index contributed by atoms with van der Waals surface area (Å²) < 4.78 is 0. The van der Waals surface area contributed by atoms with Crippen molar-refractivity contribution in [3.63, 3.8) is 0 Å². The number of aromatic hydroxyl groups is 1. The number of nitrogens with zero attached hydrogens (tertiary/aromatic N) is 2. The fraction of sp³-hybridized carbons (Fsp3) is 0.594. The summed E-state index contributed by atoms with van der Waals surface area (Å²) in [7, 11) is 2.97. The van der Waals surface area contributed by atoms with Crippen molar-refractivity contribution < 1.29 is 39.9 Å². The predicted molar refractivity (Wildman–Crippen MR) is 158 cm³/mol. The number of benzene rings is 1. The standard InChI is InChI=1S/C32H43N3O8/c1-14(2)8-11-18(35-12-6-7-13-35)17-10-9-16-15(3)19-21(26(37)20(16)25(17)36)29(40)32(43)23(27(19)38)24(34(4)5)28(39)22(30(32)41)31(33)42/h9-10,14-15,18-19,23-24,27,36-38,41,43H,6-8,11-13H2,1-5H3,(H2,33,42)/t15-,18?,19+,23+,24-,27-,32-/m0/s1. The van der Waals surface area contributed by atoms with Gasteiger partial charge in [0.15, 0.2) is 11.4 Å². The summed E-state index contributed by atoms with van der Waals surface area (Å²) in [4.78, 5) is 43.5. The lowest BCUT2D eigenvalue weighted by atomic mass is 9.54. The zero-order valence-electron chi connectivity index (χ0n) is 25.4. The van der Waals surface area contributed by atoms with E-state index in [9.17, 15) is 39.9 Å². The van der Waals surface area contributed by atoms with E-state index < -0.39 is 70.1 Å². The van der Waals surface area contributed by atoms with Crippen LogP contribution in [0.5, 0.6) is 5.75 Å². The van der Waals surface area contributed by atoms with Gasteiger partial charge < -0.3 is 31.3 Å². The van der Waals surface area contributed by atoms with Crippen molar-refractivity contribution >= 4 is 23.2 Å². The average molecular weight is 598 g/mol. The third-order valence-corrected chi connectivity index (χ3v) is 10.1. The first-order chi connectivity index (χ1) is 20.2. The van der Waals surface area contributed by atoms with Gasteiger partial charge in [-0.1, -0.05) is 32.9 Å². The molecule has 4 aliphatic rings. The maximum absolute atomic E-state index is 14.3. The van der Waals surface area contributed by atoms with Gasteiger partial charge in [-0.3, -0.25) is 24.2 Å². The van der Waals surface area contributed by atoms with Gasteiger partial charge in [-0.15, -0.1) is 0 Å². The first-order valence-corrected chi connectivity index (χ1v) is 15.1. The quantitative estimate of drug-likeness (QED) is 0.254. The van der Waals surface area contributed by atoms with Crippen molar-refractivity contribution in [1.82, 2.24) is 9.80 Å². The summed E-state index contributed by atoms with van der Waals surface area (Å²) in [5.41, 5.74) is 2.34. The van der Waals surface area contributed by atoms with Crippen LogP contribution in [0.25, 0.3) is 5.76 Å². The number of aliphatic hydroxyl groups is 4. The number of carbonyl (C=O) groups is 3. The van der Waals surface area contributed by atoms with Crippen molar-refractivity contribution in [1.29, 1.82) is 0 Å². The summed E-state index contributed by atoms with van der Waals surface area (Å²) in [6.45, 7) is 7.77. The van der Waals surface area contributed by atoms with Crippen LogP contribution in [0.4, 0.5) is 0 Å². The topological polar surface area (TPSA) is 185 Å². The number of phenols is 1. The van der Waals surface area contributed by atoms with Crippen LogP contribution in [0, 0.1) is 17.8 Å². The van der Waals surface area contributed by atoms with Crippen LogP contribution in [0.3, 0.4) is 0 Å². The highest BCUT2D eigenvalue weighted by atomic mass is 16.4. The van der Waals surface area contributed by atoms with E-state index in [-0.39, 0.29) is 22.9 Å². The Labute approximate surface area is 251 Å². The molecule has 43 heavy (non-hydrogen) atoms. The van der Waals surface area contributed by atoms with E-state index in [0.29, 0.717) is 17.0 Å². The Morgan fingerprint density at radius 1 is 1.12 bits per heavy atom. The lowest BCUT2D eigenvalue weighted by molar-refractivity contribution is -0.169. The molecular weight excluding hydrogens is 554 g/mol. The molecule has 1 saturated heterocycles. The van der Waals surface area contributed by atoms with E-state index >= 15 is 0 Å². The molecule has 0 spiro atoms. The van der Waals surface area contributed by atoms with Crippen LogP contribution in [-0.2, 0) is 14.4 Å². The van der Waals surface area contributed by atoms with Crippen LogP contribution >= 0.6 is 0 Å². The molecule has 2 fully saturated rings. The lowest BCUT2D eigenvalue weighted by Crippen LogP contribution is -2.70. The molecule has 234 valence electrons. The normalized spacial score (nSPS) is 31.9. The molecule has 7 N–H and O–H groups in total. The summed E-state index contributed by atoms with van der Waals surface area (Å²) in [6.07, 6.45) is 2.19. The number of likely N-dealkylation sites (N-methyl/N-ethyl adjacent to an activating group) is 1. The van der Waals surface area contributed by atoms with Gasteiger partial charge in [-0.05, 0) is 70.3 Å². The molecule has 5 rings (SSSR count). The van der Waals surface area contributed by atoms with E-state index in [1.165, 1.54) is 19.0 Å². The van der Waals surface area contributed by atoms with E-state index in [1.54, 1.807) is 13.0 Å². The first kappa shape index (κ1) is 31.2. The molecule has 1 aromatic carbocycles. The number of Topliss-reactive ketones (excluding diaryl/α,β-unsaturated/α-hetero) is 2. The lowest BCUT2D eigenvalue weighted by Gasteiger charge is -2.53. The number of hydrogen-bond acceptors (Lipinski definition) is 10. The zero-order chi connectivity index (χ0) is 31.7. The van der Waals surface area contributed by atoms with Gasteiger partial charge >= 0.3 is 0 Å². The van der Waals surface area contributed by atoms with E-state index in [2.05, 4.69) is 18.7 Å². The molecule has 1 amide bonds. The Balaban J connectivity index is 1.71. The van der Waals surface area contributed by atoms with E-state index in [0.717, 1.165) is 38.8 Å². The summed E-state index contributed by atoms with van der Waals surface area (Å²) in [6, 6.07) is 2.16. The SMILES string of the molecule is CC(C)CCC(c1ccc2c(c1O)C(O)=C1C(=O)[C@]3(O)C(O)=C(C(N)=O)C(=O)[C@@H](N(C)C)[C@@H]3[C@@H](O)[C@@H]1[C@H]2C)N1CCCC1. The van der Waals surface area contributed by atoms with Gasteiger partial charge in [0.05, 0.1) is 23.6 Å². The smallest absolute Gasteiger partial charge is 0.255 e. The number of fused-ring (bicyclic) bond motifs is 3. The number of primary amides is 1. The Bertz CT molecular complexity index is 1430. The molecular formula is C32H43N3O8. The van der Waals surface area contributed by atoms with Gasteiger partial charge in [0.25, 0.3) is 5.91 Å². The second-order valence-corrected chi connectivity index (χ2v) is 13.2. The number of carbonyl (C=O) groups excluding carboxylic acids is 3. The minimum Gasteiger partial charge on any atom is -0.508 e. The highest BCUT2D eigenvalue weighted by molar-refractivity contribution is 6.24. The molecule has 1 aromatic rings. The zero-order valence-corrected chi connectivity index (χ0v) is 25.4. The summed E-state index contributed by atoms with van der Waals surface area (Å²) in [5, 5.41) is 58.3. The molecule has 11 nitrogen and oxygen atoms in total. The first-order valence-electron chi connectivity index (χ1n) is 15.1. The van der Waals surface area contributed by atoms with Gasteiger partial charge in [0.1, 0.15) is 22.8 Å². The van der Waals surface area contributed by atoms with Crippen LogP contribution in [-0.4, -0.2) is 97.7 Å². The van der Waals surface area contributed by atoms with Crippen LogP contribution in [0.2, 0.25) is 0 Å². The van der Waals surface area contributed by atoms with Crippen molar-refractivity contribution in [2.24, 2.45) is 23.5 Å². The van der Waals surface area contributed by atoms with Crippen LogP contribution < -0.4 is 5.73 Å². The second-order valence-electron chi connectivity index (χ2n) is 13.2. The molecule has 1 aliphatic heterocycles. The summed E-state index contributed by atoms with van der Waals surface area (Å²) >= 11 is 0. The minimum absolute atomic E-state index is 0.0437. The Hall–Kier alpha value is -3.25. The van der Waals surface area contributed by atoms with Crippen LogP contribution in [0.1, 0.15) is 75.1 Å². The maximum atomic E-state index is 14.3. The fourth-order valence-electron chi connectivity index (χ4n) is 7.98. The van der Waals surface area contributed by atoms with Gasteiger partial charge in [-0.2, -0.15) is 0 Å². The van der Waals surface area contributed by atoms with Gasteiger partial charge in [-0.25, -0.2) is 0 Å². The molecule has 3 aliphatic carbocycles. The van der Waals surface area contributed by atoms with Crippen molar-refractivity contribution in [3.8, 4) is 5.75 Å². The Morgan fingerprint density at radius 3 is 2.30 bits per heavy atom. The highest BCUT2D eigenvalue weighted by Gasteiger charge is 2.68. The fourth-order valence-corrected chi connectivity index (χ4v) is 7.98. The number of hydrogen-bond donors (Lipinski definition) is 6. The molecule has 0 aromatic heterocycles. The number of phenolic OH excluding ortho intramolecular Hbond substituents is 1. The molecule has 1 saturated carbocycles. The molecule has 1 unspecified atom stereocenters. The monoisotopic (exact) mass is 597 g/mol. The largest absolute Gasteiger partial charge is 0.508 e. The maximum Gasteiger partial charge on any atom is 0.255 e. The minimum atomic E-state index is -2.92. The number of aliphatic hydroxyl groups excluding tert-OH is 3. The molecule has 0 bridgehead atoms. The molecule has 11 heteroatoms. The molecule has 0 radical (unpaired) electrons. The second kappa shape index (κ2) is 11.0. The average Bonchev–Trinajstić information content (AvgIpc) is 3.46. The Morgan fingerprint density at radius 2 is 1.74 bits per heavy atom. The highest BCUT2D eigenvalue weighted by Crippen LogP contribution is 2.57. The van der Waals surface area contributed by atoms with Crippen molar-refractivity contribution in [3.05, 3.63) is 45.7 Å². The molecule has 7 atom stereocenters. The van der Waals surface area contributed by atoms with Gasteiger partial charge in [0, 0.05) is 23.1 Å². The van der Waals surface area contributed by atoms with Gasteiger partial charge in [0.2, 0.25) is 5.78 Å². The summed E-state index contributed by atoms with van der Waals surface area (Å²) in [5.74, 6) is -8.27. The predicted octanol–water partition coefficient (Wildman–Crippen LogP) is 2.07. The number of amides is 1. The van der Waals surface area contributed by atoms with Crippen molar-refractivity contribution in [2.75, 3.05) is 27.2 Å². The Kier molecular flexibility index (Phi) is 8.00. The van der Waals surface area contributed by atoms with Crippen molar-refractivity contribution in [2.45, 2.75) is 76.2 Å². The number of rotatable bonds is 7. The number of ketones is 2. The van der Waals surface area contributed by atoms with E-state index in [1.807, 2.05) is 6.07 Å². The number of nitrogens with two attached hydrogens (primary N) is 1. The third-order valence-electron chi connectivity index (χ3n) is 10.1. The van der Waals surface area contributed by atoms with Crippen LogP contribution in [0.15, 0.2) is 29.0 Å². The van der Waals surface area contributed by atoms with E-state index in [4.69, 9.17) is 5.73 Å². The third kappa shape index (κ3) is 4.51.